The quantitative estimate of drug-likeness (QED) is 0.907. The van der Waals surface area contributed by atoms with E-state index < -0.39 is 11.9 Å². The average molecular weight is 295 g/mol. The van der Waals surface area contributed by atoms with E-state index in [9.17, 15) is 9.90 Å². The van der Waals surface area contributed by atoms with Crippen LogP contribution in [0.5, 0.6) is 0 Å². The highest BCUT2D eigenvalue weighted by Gasteiger charge is 2.20. The van der Waals surface area contributed by atoms with E-state index in [4.69, 9.17) is 23.2 Å². The molecular formula is C15H12Cl2O2. The van der Waals surface area contributed by atoms with Gasteiger partial charge in [-0.05, 0) is 41.8 Å². The van der Waals surface area contributed by atoms with Crippen molar-refractivity contribution in [1.82, 2.24) is 0 Å². The van der Waals surface area contributed by atoms with E-state index in [-0.39, 0.29) is 0 Å². The van der Waals surface area contributed by atoms with E-state index in [2.05, 4.69) is 0 Å². The third-order valence-electron chi connectivity index (χ3n) is 2.92. The van der Waals surface area contributed by atoms with Gasteiger partial charge in [-0.3, -0.25) is 4.79 Å². The number of carbonyl (C=O) groups is 1. The molecule has 19 heavy (non-hydrogen) atoms. The first-order valence-corrected chi connectivity index (χ1v) is 6.54. The van der Waals surface area contributed by atoms with E-state index >= 15 is 0 Å². The van der Waals surface area contributed by atoms with Crippen molar-refractivity contribution in [3.63, 3.8) is 0 Å². The lowest BCUT2D eigenvalue weighted by Gasteiger charge is -2.13. The molecule has 0 fully saturated rings. The predicted octanol–water partition coefficient (Wildman–Crippen LogP) is 4.40. The minimum atomic E-state index is -0.850. The Hall–Kier alpha value is -1.51. The molecule has 2 nitrogen and oxygen atoms in total. The summed E-state index contributed by atoms with van der Waals surface area (Å²) in [4.78, 5) is 11.4. The van der Waals surface area contributed by atoms with Gasteiger partial charge in [0, 0.05) is 10.0 Å². The third-order valence-corrected chi connectivity index (χ3v) is 3.43. The maximum atomic E-state index is 11.4. The third kappa shape index (κ3) is 3.72. The second-order valence-electron chi connectivity index (χ2n) is 4.27. The molecule has 0 saturated carbocycles. The Bertz CT molecular complexity index is 562. The van der Waals surface area contributed by atoms with Crippen LogP contribution in [0, 0.1) is 0 Å². The molecule has 0 aliphatic rings. The van der Waals surface area contributed by atoms with Crippen molar-refractivity contribution in [2.24, 2.45) is 0 Å². The molecule has 1 N–H and O–H groups in total. The fourth-order valence-corrected chi connectivity index (χ4v) is 2.15. The zero-order valence-corrected chi connectivity index (χ0v) is 11.5. The highest BCUT2D eigenvalue weighted by Crippen LogP contribution is 2.23. The summed E-state index contributed by atoms with van der Waals surface area (Å²) in [6.45, 7) is 0. The molecule has 0 saturated heterocycles. The van der Waals surface area contributed by atoms with Gasteiger partial charge in [0.2, 0.25) is 0 Å². The molecule has 0 aliphatic carbocycles. The topological polar surface area (TPSA) is 37.3 Å². The summed E-state index contributed by atoms with van der Waals surface area (Å²) in [6, 6.07) is 14.1. The normalized spacial score (nSPS) is 12.1. The maximum Gasteiger partial charge on any atom is 0.311 e. The van der Waals surface area contributed by atoms with Gasteiger partial charge in [-0.2, -0.15) is 0 Å². The lowest BCUT2D eigenvalue weighted by atomic mass is 9.92. The van der Waals surface area contributed by atoms with Gasteiger partial charge in [0.05, 0.1) is 5.92 Å². The van der Waals surface area contributed by atoms with Gasteiger partial charge < -0.3 is 5.11 Å². The summed E-state index contributed by atoms with van der Waals surface area (Å²) >= 11 is 11.6. The summed E-state index contributed by atoms with van der Waals surface area (Å²) in [5.41, 5.74) is 1.68. The Labute approximate surface area is 121 Å². The molecule has 0 radical (unpaired) electrons. The number of hydrogen-bond acceptors (Lipinski definition) is 1. The Morgan fingerprint density at radius 2 is 1.42 bits per heavy atom. The van der Waals surface area contributed by atoms with E-state index in [1.807, 2.05) is 12.1 Å². The number of benzene rings is 2. The van der Waals surface area contributed by atoms with E-state index in [1.165, 1.54) is 0 Å². The van der Waals surface area contributed by atoms with Crippen LogP contribution < -0.4 is 0 Å². The Morgan fingerprint density at radius 1 is 0.947 bits per heavy atom. The van der Waals surface area contributed by atoms with Crippen molar-refractivity contribution in [2.75, 3.05) is 0 Å². The molecule has 0 aromatic heterocycles. The molecule has 0 amide bonds. The van der Waals surface area contributed by atoms with Crippen molar-refractivity contribution >= 4 is 29.2 Å². The first kappa shape index (κ1) is 13.9. The van der Waals surface area contributed by atoms with E-state index in [1.54, 1.807) is 36.4 Å². The van der Waals surface area contributed by atoms with Crippen LogP contribution in [0.2, 0.25) is 10.0 Å². The first-order chi connectivity index (χ1) is 9.06. The van der Waals surface area contributed by atoms with Gasteiger partial charge in [-0.1, -0.05) is 47.5 Å². The van der Waals surface area contributed by atoms with Gasteiger partial charge in [-0.15, -0.1) is 0 Å². The maximum absolute atomic E-state index is 11.4. The molecule has 2 aromatic carbocycles. The number of rotatable bonds is 4. The number of carboxylic acids is 1. The molecule has 1 unspecified atom stereocenters. The molecule has 0 spiro atoms. The van der Waals surface area contributed by atoms with Gasteiger partial charge in [-0.25, -0.2) is 0 Å². The highest BCUT2D eigenvalue weighted by atomic mass is 35.5. The lowest BCUT2D eigenvalue weighted by molar-refractivity contribution is -0.138. The largest absolute Gasteiger partial charge is 0.481 e. The van der Waals surface area contributed by atoms with Gasteiger partial charge in [0.1, 0.15) is 0 Å². The summed E-state index contributed by atoms with van der Waals surface area (Å²) in [5, 5.41) is 10.6. The summed E-state index contributed by atoms with van der Waals surface area (Å²) in [6.07, 6.45) is 0.425. The predicted molar refractivity (Wildman–Crippen MR) is 77.0 cm³/mol. The fraction of sp³-hybridized carbons (Fsp3) is 0.133. The Balaban J connectivity index is 2.23. The molecule has 0 heterocycles. The SMILES string of the molecule is O=C(O)C(Cc1ccc(Cl)cc1)c1ccc(Cl)cc1. The molecule has 4 heteroatoms. The molecule has 0 bridgehead atoms. The van der Waals surface area contributed by atoms with Crippen LogP contribution in [0.25, 0.3) is 0 Å². The van der Waals surface area contributed by atoms with E-state index in [0.29, 0.717) is 16.5 Å². The molecule has 1 atom stereocenters. The zero-order chi connectivity index (χ0) is 13.8. The van der Waals surface area contributed by atoms with Gasteiger partial charge in [0.25, 0.3) is 0 Å². The number of halogens is 2. The minimum Gasteiger partial charge on any atom is -0.481 e. The molecule has 2 aromatic rings. The molecule has 0 aliphatic heterocycles. The van der Waals surface area contributed by atoms with Crippen molar-refractivity contribution in [3.05, 3.63) is 69.7 Å². The smallest absolute Gasteiger partial charge is 0.311 e. The van der Waals surface area contributed by atoms with Crippen molar-refractivity contribution in [2.45, 2.75) is 12.3 Å². The van der Waals surface area contributed by atoms with Crippen LogP contribution in [0.4, 0.5) is 0 Å². The van der Waals surface area contributed by atoms with Crippen LogP contribution in [0.15, 0.2) is 48.5 Å². The van der Waals surface area contributed by atoms with Gasteiger partial charge >= 0.3 is 5.97 Å². The minimum absolute atomic E-state index is 0.425. The van der Waals surface area contributed by atoms with Crippen molar-refractivity contribution in [3.8, 4) is 0 Å². The second-order valence-corrected chi connectivity index (χ2v) is 5.15. The lowest BCUT2D eigenvalue weighted by Crippen LogP contribution is -2.14. The fourth-order valence-electron chi connectivity index (χ4n) is 1.90. The Morgan fingerprint density at radius 3 is 1.89 bits per heavy atom. The Kier molecular flexibility index (Phi) is 4.46. The summed E-state index contributed by atoms with van der Waals surface area (Å²) < 4.78 is 0. The number of carboxylic acid groups (broad SMARTS) is 1. The van der Waals surface area contributed by atoms with Crippen LogP contribution in [0.1, 0.15) is 17.0 Å². The van der Waals surface area contributed by atoms with Crippen molar-refractivity contribution < 1.29 is 9.90 Å². The summed E-state index contributed by atoms with van der Waals surface area (Å²) in [7, 11) is 0. The van der Waals surface area contributed by atoms with Crippen molar-refractivity contribution in [1.29, 1.82) is 0 Å². The number of aliphatic carboxylic acids is 1. The standard InChI is InChI=1S/C15H12Cl2O2/c16-12-5-1-10(2-6-12)9-14(15(18)19)11-3-7-13(17)8-4-11/h1-8,14H,9H2,(H,18,19). The second kappa shape index (κ2) is 6.09. The highest BCUT2D eigenvalue weighted by molar-refractivity contribution is 6.30. The monoisotopic (exact) mass is 294 g/mol. The van der Waals surface area contributed by atoms with Crippen LogP contribution in [-0.2, 0) is 11.2 Å². The molecule has 2 rings (SSSR count). The molecule has 98 valence electrons. The average Bonchev–Trinajstić information content (AvgIpc) is 2.39. The van der Waals surface area contributed by atoms with Crippen LogP contribution >= 0.6 is 23.2 Å². The first-order valence-electron chi connectivity index (χ1n) is 5.79. The van der Waals surface area contributed by atoms with Gasteiger partial charge in [0.15, 0.2) is 0 Å². The van der Waals surface area contributed by atoms with Crippen LogP contribution in [0.3, 0.4) is 0 Å². The summed E-state index contributed by atoms with van der Waals surface area (Å²) in [5.74, 6) is -1.43. The van der Waals surface area contributed by atoms with Crippen LogP contribution in [-0.4, -0.2) is 11.1 Å². The zero-order valence-electron chi connectivity index (χ0n) is 10.0. The van der Waals surface area contributed by atoms with E-state index in [0.717, 1.165) is 11.1 Å². The molecular weight excluding hydrogens is 283 g/mol. The number of hydrogen-bond donors (Lipinski definition) is 1.